The summed E-state index contributed by atoms with van der Waals surface area (Å²) in [4.78, 5) is 34.9. The van der Waals surface area contributed by atoms with Crippen molar-refractivity contribution < 1.29 is 19.2 Å². The largest absolute Gasteiger partial charge is 0.449 e. The predicted octanol–water partition coefficient (Wildman–Crippen LogP) is 2.44. The number of anilines is 1. The first-order valence-corrected chi connectivity index (χ1v) is 7.89. The van der Waals surface area contributed by atoms with Gasteiger partial charge in [-0.3, -0.25) is 19.6 Å². The number of benzene rings is 1. The maximum Gasteiger partial charge on any atom is 0.339 e. The third-order valence-electron chi connectivity index (χ3n) is 4.05. The first-order chi connectivity index (χ1) is 12.1. The number of amides is 1. The van der Waals surface area contributed by atoms with Crippen LogP contribution in [0.3, 0.4) is 0 Å². The minimum absolute atomic E-state index is 0.00990. The van der Waals surface area contributed by atoms with Crippen molar-refractivity contribution in [3.8, 4) is 0 Å². The number of carbonyl (C=O) groups is 2. The van der Waals surface area contributed by atoms with Gasteiger partial charge in [-0.05, 0) is 33.8 Å². The van der Waals surface area contributed by atoms with Crippen LogP contribution in [0.2, 0.25) is 0 Å². The van der Waals surface area contributed by atoms with E-state index in [9.17, 15) is 19.7 Å². The van der Waals surface area contributed by atoms with Gasteiger partial charge in [0.1, 0.15) is 0 Å². The second-order valence-corrected chi connectivity index (χ2v) is 5.96. The van der Waals surface area contributed by atoms with E-state index in [0.717, 1.165) is 11.8 Å². The minimum atomic E-state index is -1.08. The summed E-state index contributed by atoms with van der Waals surface area (Å²) in [6.07, 6.45) is -1.08. The number of rotatable bonds is 5. The Morgan fingerprint density at radius 2 is 1.96 bits per heavy atom. The van der Waals surface area contributed by atoms with E-state index in [-0.39, 0.29) is 11.3 Å². The van der Waals surface area contributed by atoms with Crippen molar-refractivity contribution >= 4 is 23.3 Å². The zero-order valence-electron chi connectivity index (χ0n) is 15.2. The molecule has 1 N–H and O–H groups in total. The third-order valence-corrected chi connectivity index (χ3v) is 4.05. The van der Waals surface area contributed by atoms with E-state index in [1.54, 1.807) is 32.5 Å². The van der Waals surface area contributed by atoms with E-state index in [2.05, 4.69) is 10.4 Å². The van der Waals surface area contributed by atoms with Crippen molar-refractivity contribution in [2.24, 2.45) is 7.05 Å². The Hall–Kier alpha value is -3.23. The third kappa shape index (κ3) is 3.88. The van der Waals surface area contributed by atoms with Crippen molar-refractivity contribution in [3.05, 3.63) is 50.8 Å². The molecule has 1 heterocycles. The highest BCUT2D eigenvalue weighted by Gasteiger charge is 2.23. The topological polar surface area (TPSA) is 116 Å². The molecule has 1 amide bonds. The molecule has 0 aliphatic heterocycles. The summed E-state index contributed by atoms with van der Waals surface area (Å²) in [5.41, 5.74) is 2.23. The van der Waals surface area contributed by atoms with E-state index in [1.165, 1.54) is 19.1 Å². The van der Waals surface area contributed by atoms with Crippen LogP contribution < -0.4 is 5.32 Å². The van der Waals surface area contributed by atoms with Crippen LogP contribution in [0, 0.1) is 30.9 Å². The molecule has 0 bridgehead atoms. The SMILES string of the molecule is Cc1ccc(C(=O)O[C@H](C)C(=O)Nc2c(C)nn(C)c2C)cc1[N+](=O)[O-]. The van der Waals surface area contributed by atoms with Gasteiger partial charge in [0.2, 0.25) is 0 Å². The summed E-state index contributed by atoms with van der Waals surface area (Å²) >= 11 is 0. The molecule has 0 aliphatic rings. The normalized spacial score (nSPS) is 11.7. The summed E-state index contributed by atoms with van der Waals surface area (Å²) in [5.74, 6) is -1.32. The Morgan fingerprint density at radius 3 is 2.50 bits per heavy atom. The number of hydrogen-bond donors (Lipinski definition) is 1. The van der Waals surface area contributed by atoms with Gasteiger partial charge in [0.15, 0.2) is 6.10 Å². The predicted molar refractivity (Wildman–Crippen MR) is 94.0 cm³/mol. The maximum atomic E-state index is 12.3. The van der Waals surface area contributed by atoms with Gasteiger partial charge in [-0.1, -0.05) is 6.07 Å². The molecule has 0 aliphatic carbocycles. The highest BCUT2D eigenvalue weighted by atomic mass is 16.6. The molecule has 9 heteroatoms. The fourth-order valence-corrected chi connectivity index (χ4v) is 2.39. The van der Waals surface area contributed by atoms with E-state index < -0.39 is 22.9 Å². The van der Waals surface area contributed by atoms with Gasteiger partial charge in [-0.25, -0.2) is 4.79 Å². The summed E-state index contributed by atoms with van der Waals surface area (Å²) < 4.78 is 6.76. The van der Waals surface area contributed by atoms with Gasteiger partial charge in [-0.15, -0.1) is 0 Å². The lowest BCUT2D eigenvalue weighted by Crippen LogP contribution is -2.30. The molecule has 0 spiro atoms. The number of aromatic nitrogens is 2. The molecule has 0 unspecified atom stereocenters. The number of aryl methyl sites for hydroxylation is 3. The fourth-order valence-electron chi connectivity index (χ4n) is 2.39. The van der Waals surface area contributed by atoms with Gasteiger partial charge in [-0.2, -0.15) is 5.10 Å². The molecule has 0 saturated carbocycles. The Kier molecular flexibility index (Phi) is 5.39. The average molecular weight is 360 g/mol. The van der Waals surface area contributed by atoms with Crippen molar-refractivity contribution in [3.63, 3.8) is 0 Å². The van der Waals surface area contributed by atoms with E-state index >= 15 is 0 Å². The molecule has 1 aromatic carbocycles. The zero-order chi connectivity index (χ0) is 19.6. The number of ether oxygens (including phenoxy) is 1. The smallest absolute Gasteiger partial charge is 0.339 e. The van der Waals surface area contributed by atoms with Crippen LogP contribution >= 0.6 is 0 Å². The van der Waals surface area contributed by atoms with Crippen molar-refractivity contribution in [1.82, 2.24) is 9.78 Å². The van der Waals surface area contributed by atoms with E-state index in [0.29, 0.717) is 16.9 Å². The average Bonchev–Trinajstić information content (AvgIpc) is 2.80. The van der Waals surface area contributed by atoms with Crippen LogP contribution in [-0.4, -0.2) is 32.7 Å². The fraction of sp³-hybridized carbons (Fsp3) is 0.353. The van der Waals surface area contributed by atoms with Crippen LogP contribution in [0.25, 0.3) is 0 Å². The van der Waals surface area contributed by atoms with Crippen LogP contribution in [0.5, 0.6) is 0 Å². The number of nitro groups is 1. The quantitative estimate of drug-likeness (QED) is 0.497. The Balaban J connectivity index is 2.10. The number of esters is 1. The molecular weight excluding hydrogens is 340 g/mol. The van der Waals surface area contributed by atoms with Crippen LogP contribution in [0.1, 0.15) is 34.2 Å². The highest BCUT2D eigenvalue weighted by Crippen LogP contribution is 2.21. The van der Waals surface area contributed by atoms with E-state index in [4.69, 9.17) is 4.74 Å². The van der Waals surface area contributed by atoms with Crippen molar-refractivity contribution in [2.45, 2.75) is 33.8 Å². The number of nitrogens with zero attached hydrogens (tertiary/aromatic N) is 3. The number of carbonyl (C=O) groups excluding carboxylic acids is 2. The molecule has 1 aromatic heterocycles. The van der Waals surface area contributed by atoms with E-state index in [1.807, 2.05) is 0 Å². The van der Waals surface area contributed by atoms with Crippen LogP contribution in [0.4, 0.5) is 11.4 Å². The molecule has 2 rings (SSSR count). The van der Waals surface area contributed by atoms with Crippen molar-refractivity contribution in [2.75, 3.05) is 5.32 Å². The standard InChI is InChI=1S/C17H20N4O5/c1-9-6-7-13(8-14(9)21(24)25)17(23)26-12(4)16(22)18-15-10(2)19-20(5)11(15)3/h6-8,12H,1-5H3,(H,18,22)/t12-/m1/s1. The number of nitrogens with one attached hydrogen (secondary N) is 1. The minimum Gasteiger partial charge on any atom is -0.449 e. The highest BCUT2D eigenvalue weighted by molar-refractivity contribution is 5.98. The first kappa shape index (κ1) is 19.1. The lowest BCUT2D eigenvalue weighted by Gasteiger charge is -2.14. The molecule has 1 atom stereocenters. The second kappa shape index (κ2) is 7.34. The van der Waals surface area contributed by atoms with Gasteiger partial charge in [0.25, 0.3) is 11.6 Å². The molecule has 0 radical (unpaired) electrons. The molecule has 138 valence electrons. The Labute approximate surface area is 150 Å². The first-order valence-electron chi connectivity index (χ1n) is 7.89. The summed E-state index contributed by atoms with van der Waals surface area (Å²) in [7, 11) is 1.76. The second-order valence-electron chi connectivity index (χ2n) is 5.96. The van der Waals surface area contributed by atoms with Crippen LogP contribution in [0.15, 0.2) is 18.2 Å². The Bertz CT molecular complexity index is 888. The van der Waals surface area contributed by atoms with Gasteiger partial charge < -0.3 is 10.1 Å². The number of nitro benzene ring substituents is 1. The van der Waals surface area contributed by atoms with Gasteiger partial charge >= 0.3 is 5.97 Å². The summed E-state index contributed by atoms with van der Waals surface area (Å²) in [6, 6.07) is 4.02. The lowest BCUT2D eigenvalue weighted by atomic mass is 10.1. The van der Waals surface area contributed by atoms with Gasteiger partial charge in [0, 0.05) is 18.7 Å². The number of hydrogen-bond acceptors (Lipinski definition) is 6. The summed E-state index contributed by atoms with van der Waals surface area (Å²) in [6.45, 7) is 6.56. The monoisotopic (exact) mass is 360 g/mol. The molecule has 9 nitrogen and oxygen atoms in total. The maximum absolute atomic E-state index is 12.3. The van der Waals surface area contributed by atoms with Crippen molar-refractivity contribution in [1.29, 1.82) is 0 Å². The molecule has 0 saturated heterocycles. The van der Waals surface area contributed by atoms with Crippen LogP contribution in [-0.2, 0) is 16.6 Å². The molecular formula is C17H20N4O5. The molecule has 0 fully saturated rings. The summed E-state index contributed by atoms with van der Waals surface area (Å²) in [5, 5.41) is 17.9. The molecule has 2 aromatic rings. The molecule has 26 heavy (non-hydrogen) atoms. The van der Waals surface area contributed by atoms with Gasteiger partial charge in [0.05, 0.1) is 27.6 Å². The lowest BCUT2D eigenvalue weighted by molar-refractivity contribution is -0.385. The Morgan fingerprint density at radius 1 is 1.31 bits per heavy atom. The zero-order valence-corrected chi connectivity index (χ0v) is 15.2.